The van der Waals surface area contributed by atoms with Crippen molar-refractivity contribution in [1.82, 2.24) is 4.90 Å². The summed E-state index contributed by atoms with van der Waals surface area (Å²) in [5, 5.41) is 2.88. The van der Waals surface area contributed by atoms with Gasteiger partial charge in [0.25, 0.3) is 0 Å². The third-order valence-electron chi connectivity index (χ3n) is 4.21. The molecule has 1 N–H and O–H groups in total. The van der Waals surface area contributed by atoms with Crippen LogP contribution >= 0.6 is 0 Å². The summed E-state index contributed by atoms with van der Waals surface area (Å²) in [6, 6.07) is 15.4. The first kappa shape index (κ1) is 16.3. The Balaban J connectivity index is 1.54. The molecule has 0 spiro atoms. The van der Waals surface area contributed by atoms with Gasteiger partial charge in [0.05, 0.1) is 19.8 Å². The van der Waals surface area contributed by atoms with E-state index >= 15 is 0 Å². The molecule has 1 atom stereocenters. The highest BCUT2D eigenvalue weighted by atomic mass is 16.5. The molecule has 2 amide bonds. The topological polar surface area (TPSA) is 50.8 Å². The number of nitrogens with zero attached hydrogens (tertiary/aromatic N) is 1. The number of likely N-dealkylation sites (N-methyl/N-ethyl adjacent to an activating group) is 1. The molecule has 2 aromatic carbocycles. The van der Waals surface area contributed by atoms with E-state index in [-0.39, 0.29) is 12.1 Å². The predicted octanol–water partition coefficient (Wildman–Crippen LogP) is 3.30. The monoisotopic (exact) mass is 326 g/mol. The van der Waals surface area contributed by atoms with Gasteiger partial charge in [0.15, 0.2) is 0 Å². The Bertz CT molecular complexity index is 700. The van der Waals surface area contributed by atoms with Gasteiger partial charge < -0.3 is 19.7 Å². The number of urea groups is 1. The number of methoxy groups -OCH3 is 1. The van der Waals surface area contributed by atoms with Gasteiger partial charge in [-0.3, -0.25) is 0 Å². The highest BCUT2D eigenvalue weighted by Crippen LogP contribution is 2.21. The van der Waals surface area contributed by atoms with Crippen molar-refractivity contribution in [1.29, 1.82) is 0 Å². The molecule has 5 heteroatoms. The maximum absolute atomic E-state index is 12.3. The molecular weight excluding hydrogens is 304 g/mol. The Morgan fingerprint density at radius 1 is 1.21 bits per heavy atom. The molecule has 5 nitrogen and oxygen atoms in total. The van der Waals surface area contributed by atoms with E-state index in [2.05, 4.69) is 17.4 Å². The summed E-state index contributed by atoms with van der Waals surface area (Å²) in [6.07, 6.45) is 0.850. The highest BCUT2D eigenvalue weighted by Gasteiger charge is 2.22. The van der Waals surface area contributed by atoms with Gasteiger partial charge in [0.1, 0.15) is 5.75 Å². The Morgan fingerprint density at radius 3 is 2.62 bits per heavy atom. The van der Waals surface area contributed by atoms with Gasteiger partial charge in [-0.15, -0.1) is 0 Å². The molecule has 0 fully saturated rings. The Kier molecular flexibility index (Phi) is 5.01. The van der Waals surface area contributed by atoms with Gasteiger partial charge in [-0.25, -0.2) is 4.79 Å². The van der Waals surface area contributed by atoms with E-state index in [9.17, 15) is 4.79 Å². The van der Waals surface area contributed by atoms with Crippen LogP contribution in [0.25, 0.3) is 0 Å². The lowest BCUT2D eigenvalue weighted by molar-refractivity contribution is 0.0159. The molecule has 0 saturated carbocycles. The first-order chi connectivity index (χ1) is 11.7. The Hall–Kier alpha value is -2.53. The van der Waals surface area contributed by atoms with Crippen LogP contribution in [-0.2, 0) is 17.8 Å². The molecule has 3 rings (SSSR count). The molecule has 126 valence electrons. The summed E-state index contributed by atoms with van der Waals surface area (Å²) >= 11 is 0. The molecule has 0 saturated heterocycles. The fourth-order valence-corrected chi connectivity index (χ4v) is 2.81. The van der Waals surface area contributed by atoms with Gasteiger partial charge in [-0.05, 0) is 35.4 Å². The van der Waals surface area contributed by atoms with Gasteiger partial charge in [-0.2, -0.15) is 0 Å². The number of anilines is 1. The second-order valence-electron chi connectivity index (χ2n) is 5.95. The molecule has 0 bridgehead atoms. The van der Waals surface area contributed by atoms with Gasteiger partial charge in [0.2, 0.25) is 0 Å². The summed E-state index contributed by atoms with van der Waals surface area (Å²) in [6.45, 7) is 1.16. The number of amides is 2. The second kappa shape index (κ2) is 7.36. The molecule has 0 aromatic heterocycles. The number of hydrogen-bond donors (Lipinski definition) is 1. The Labute approximate surface area is 142 Å². The number of ether oxygens (including phenoxy) is 2. The van der Waals surface area contributed by atoms with E-state index in [0.29, 0.717) is 13.2 Å². The number of benzene rings is 2. The molecule has 0 radical (unpaired) electrons. The maximum atomic E-state index is 12.3. The van der Waals surface area contributed by atoms with Gasteiger partial charge in [0, 0.05) is 25.7 Å². The average molecular weight is 326 g/mol. The summed E-state index contributed by atoms with van der Waals surface area (Å²) in [7, 11) is 3.40. The van der Waals surface area contributed by atoms with E-state index in [1.807, 2.05) is 36.4 Å². The molecule has 1 aliphatic rings. The van der Waals surface area contributed by atoms with Crippen molar-refractivity contribution in [3.8, 4) is 5.75 Å². The number of fused-ring (bicyclic) bond motifs is 1. The summed E-state index contributed by atoms with van der Waals surface area (Å²) in [5.41, 5.74) is 3.28. The van der Waals surface area contributed by atoms with Crippen LogP contribution in [-0.4, -0.2) is 37.7 Å². The van der Waals surface area contributed by atoms with Crippen molar-refractivity contribution >= 4 is 11.7 Å². The standard InChI is InChI=1S/C19H22N2O3/c1-21(19(22)20-16-7-9-17(23-2)10-8-16)12-18-11-14-5-3-4-6-15(14)13-24-18/h3-10,18H,11-13H2,1-2H3,(H,20,22). The number of hydrogen-bond acceptors (Lipinski definition) is 3. The van der Waals surface area contributed by atoms with Crippen LogP contribution < -0.4 is 10.1 Å². The lowest BCUT2D eigenvalue weighted by atomic mass is 9.99. The summed E-state index contributed by atoms with van der Waals surface area (Å²) in [5.74, 6) is 0.760. The largest absolute Gasteiger partial charge is 0.497 e. The zero-order chi connectivity index (χ0) is 16.9. The molecule has 1 aliphatic heterocycles. The van der Waals surface area contributed by atoms with E-state index in [4.69, 9.17) is 9.47 Å². The number of rotatable bonds is 4. The number of carbonyl (C=O) groups is 1. The fourth-order valence-electron chi connectivity index (χ4n) is 2.81. The van der Waals surface area contributed by atoms with Gasteiger partial charge >= 0.3 is 6.03 Å². The minimum Gasteiger partial charge on any atom is -0.497 e. The third-order valence-corrected chi connectivity index (χ3v) is 4.21. The first-order valence-electron chi connectivity index (χ1n) is 8.00. The number of nitrogens with one attached hydrogen (secondary N) is 1. The molecule has 24 heavy (non-hydrogen) atoms. The maximum Gasteiger partial charge on any atom is 0.321 e. The van der Waals surface area contributed by atoms with Crippen LogP contribution in [0.1, 0.15) is 11.1 Å². The van der Waals surface area contributed by atoms with Gasteiger partial charge in [-0.1, -0.05) is 24.3 Å². The molecule has 0 aliphatic carbocycles. The Morgan fingerprint density at radius 2 is 1.92 bits per heavy atom. The van der Waals surface area contributed by atoms with Crippen LogP contribution in [0, 0.1) is 0 Å². The fraction of sp³-hybridized carbons (Fsp3) is 0.316. The first-order valence-corrected chi connectivity index (χ1v) is 8.00. The van der Waals surface area contributed by atoms with E-state index in [1.165, 1.54) is 11.1 Å². The zero-order valence-electron chi connectivity index (χ0n) is 14.0. The van der Waals surface area contributed by atoms with Crippen molar-refractivity contribution in [2.75, 3.05) is 26.0 Å². The summed E-state index contributed by atoms with van der Waals surface area (Å²) < 4.78 is 11.0. The second-order valence-corrected chi connectivity index (χ2v) is 5.95. The van der Waals surface area contributed by atoms with E-state index in [0.717, 1.165) is 17.9 Å². The van der Waals surface area contributed by atoms with E-state index in [1.54, 1.807) is 19.1 Å². The molecular formula is C19H22N2O3. The van der Waals surface area contributed by atoms with Crippen molar-refractivity contribution < 1.29 is 14.3 Å². The van der Waals surface area contributed by atoms with Crippen molar-refractivity contribution in [2.45, 2.75) is 19.1 Å². The number of carbonyl (C=O) groups excluding carboxylic acids is 1. The normalized spacial score (nSPS) is 16.2. The minimum absolute atomic E-state index is 0.0199. The van der Waals surface area contributed by atoms with Crippen LogP contribution in [0.15, 0.2) is 48.5 Å². The van der Waals surface area contributed by atoms with Crippen molar-refractivity contribution in [2.24, 2.45) is 0 Å². The van der Waals surface area contributed by atoms with Crippen LogP contribution in [0.2, 0.25) is 0 Å². The SMILES string of the molecule is COc1ccc(NC(=O)N(C)CC2Cc3ccccc3CO2)cc1. The smallest absolute Gasteiger partial charge is 0.321 e. The zero-order valence-corrected chi connectivity index (χ0v) is 14.0. The highest BCUT2D eigenvalue weighted by molar-refractivity contribution is 5.89. The van der Waals surface area contributed by atoms with Crippen LogP contribution in [0.3, 0.4) is 0 Å². The molecule has 2 aromatic rings. The lowest BCUT2D eigenvalue weighted by Crippen LogP contribution is -2.40. The van der Waals surface area contributed by atoms with Crippen molar-refractivity contribution in [3.05, 3.63) is 59.7 Å². The quantitative estimate of drug-likeness (QED) is 0.938. The predicted molar refractivity (Wildman–Crippen MR) is 93.4 cm³/mol. The minimum atomic E-state index is -0.150. The molecule has 1 unspecified atom stereocenters. The lowest BCUT2D eigenvalue weighted by Gasteiger charge is -2.29. The van der Waals surface area contributed by atoms with Crippen LogP contribution in [0.5, 0.6) is 5.75 Å². The van der Waals surface area contributed by atoms with E-state index < -0.39 is 0 Å². The third kappa shape index (κ3) is 3.86. The summed E-state index contributed by atoms with van der Waals surface area (Å²) in [4.78, 5) is 14.0. The van der Waals surface area contributed by atoms with Crippen LogP contribution in [0.4, 0.5) is 10.5 Å². The average Bonchev–Trinajstić information content (AvgIpc) is 2.62. The molecule has 1 heterocycles. The van der Waals surface area contributed by atoms with Crippen molar-refractivity contribution in [3.63, 3.8) is 0 Å².